The minimum atomic E-state index is 0.658. The molecule has 0 aliphatic rings. The van der Waals surface area contributed by atoms with E-state index in [1.807, 2.05) is 43.3 Å². The van der Waals surface area contributed by atoms with Crippen molar-refractivity contribution in [3.63, 3.8) is 0 Å². The molecule has 1 aromatic heterocycles. The highest BCUT2D eigenvalue weighted by Crippen LogP contribution is 2.28. The zero-order valence-corrected chi connectivity index (χ0v) is 13.2. The lowest BCUT2D eigenvalue weighted by molar-refractivity contribution is 0.804. The van der Waals surface area contributed by atoms with Gasteiger partial charge in [-0.25, -0.2) is 0 Å². The number of aromatic nitrogens is 1. The number of aryl methyl sites for hydroxylation is 1. The van der Waals surface area contributed by atoms with Crippen molar-refractivity contribution in [3.05, 3.63) is 57.8 Å². The monoisotopic (exact) mass is 329 g/mol. The van der Waals surface area contributed by atoms with Crippen molar-refractivity contribution in [2.45, 2.75) is 20.4 Å². The van der Waals surface area contributed by atoms with Crippen molar-refractivity contribution >= 4 is 21.6 Å². The number of pyridine rings is 1. The smallest absolute Gasteiger partial charge is 0.0992 e. The van der Waals surface area contributed by atoms with Crippen LogP contribution in [0.1, 0.15) is 23.9 Å². The molecule has 4 heteroatoms. The van der Waals surface area contributed by atoms with Gasteiger partial charge < -0.3 is 4.90 Å². The fourth-order valence-corrected chi connectivity index (χ4v) is 2.71. The van der Waals surface area contributed by atoms with Gasteiger partial charge in [0.05, 0.1) is 29.6 Å². The first-order valence-corrected chi connectivity index (χ1v) is 7.30. The second-order valence-electron chi connectivity index (χ2n) is 4.56. The fraction of sp³-hybridized carbons (Fsp3) is 0.250. The predicted molar refractivity (Wildman–Crippen MR) is 84.6 cm³/mol. The Labute approximate surface area is 128 Å². The van der Waals surface area contributed by atoms with Gasteiger partial charge in [0.15, 0.2) is 0 Å². The summed E-state index contributed by atoms with van der Waals surface area (Å²) in [6, 6.07) is 13.9. The minimum absolute atomic E-state index is 0.658. The maximum absolute atomic E-state index is 8.92. The summed E-state index contributed by atoms with van der Waals surface area (Å²) in [5.41, 5.74) is 3.81. The number of nitriles is 1. The minimum Gasteiger partial charge on any atom is -0.365 e. The van der Waals surface area contributed by atoms with Crippen LogP contribution < -0.4 is 4.90 Å². The number of halogens is 1. The third kappa shape index (κ3) is 3.37. The van der Waals surface area contributed by atoms with Gasteiger partial charge in [0.2, 0.25) is 0 Å². The lowest BCUT2D eigenvalue weighted by Crippen LogP contribution is -2.23. The average molecular weight is 330 g/mol. The lowest BCUT2D eigenvalue weighted by Gasteiger charge is -2.24. The van der Waals surface area contributed by atoms with E-state index in [4.69, 9.17) is 5.26 Å². The zero-order chi connectivity index (χ0) is 14.5. The van der Waals surface area contributed by atoms with Crippen molar-refractivity contribution in [3.8, 4) is 6.07 Å². The quantitative estimate of drug-likeness (QED) is 0.849. The first-order chi connectivity index (χ1) is 9.63. The first-order valence-electron chi connectivity index (χ1n) is 6.51. The number of hydrogen-bond donors (Lipinski definition) is 0. The molecule has 0 saturated carbocycles. The largest absolute Gasteiger partial charge is 0.365 e. The Morgan fingerprint density at radius 1 is 1.30 bits per heavy atom. The van der Waals surface area contributed by atoms with E-state index in [9.17, 15) is 0 Å². The molecular formula is C16H16BrN3. The summed E-state index contributed by atoms with van der Waals surface area (Å²) in [4.78, 5) is 6.77. The Morgan fingerprint density at radius 3 is 2.70 bits per heavy atom. The van der Waals surface area contributed by atoms with E-state index in [0.29, 0.717) is 5.56 Å². The van der Waals surface area contributed by atoms with Crippen molar-refractivity contribution in [2.24, 2.45) is 0 Å². The van der Waals surface area contributed by atoms with Gasteiger partial charge in [0, 0.05) is 16.7 Å². The molecule has 0 aliphatic heterocycles. The molecule has 0 N–H and O–H groups in total. The molecule has 0 saturated heterocycles. The summed E-state index contributed by atoms with van der Waals surface area (Å²) in [6.45, 7) is 5.74. The van der Waals surface area contributed by atoms with Crippen LogP contribution in [0.25, 0.3) is 0 Å². The molecule has 0 aliphatic carbocycles. The molecular weight excluding hydrogens is 314 g/mol. The van der Waals surface area contributed by atoms with E-state index >= 15 is 0 Å². The fourth-order valence-electron chi connectivity index (χ4n) is 2.08. The molecule has 0 amide bonds. The van der Waals surface area contributed by atoms with Crippen LogP contribution in [-0.4, -0.2) is 11.5 Å². The second kappa shape index (κ2) is 6.53. The maximum Gasteiger partial charge on any atom is 0.0992 e. The van der Waals surface area contributed by atoms with E-state index in [0.717, 1.165) is 34.6 Å². The van der Waals surface area contributed by atoms with Crippen molar-refractivity contribution in [1.29, 1.82) is 5.26 Å². The number of benzene rings is 1. The third-order valence-electron chi connectivity index (χ3n) is 3.10. The molecule has 0 unspecified atom stereocenters. The Balaban J connectivity index is 2.27. The van der Waals surface area contributed by atoms with Gasteiger partial charge in [-0.2, -0.15) is 5.26 Å². The van der Waals surface area contributed by atoms with Crippen molar-refractivity contribution in [2.75, 3.05) is 11.4 Å². The topological polar surface area (TPSA) is 39.9 Å². The highest BCUT2D eigenvalue weighted by Gasteiger charge is 2.10. The summed E-state index contributed by atoms with van der Waals surface area (Å²) in [7, 11) is 0. The first kappa shape index (κ1) is 14.5. The third-order valence-corrected chi connectivity index (χ3v) is 3.73. The molecule has 0 atom stereocenters. The maximum atomic E-state index is 8.92. The van der Waals surface area contributed by atoms with E-state index in [1.54, 1.807) is 0 Å². The summed E-state index contributed by atoms with van der Waals surface area (Å²) >= 11 is 3.54. The molecule has 2 aromatic rings. The molecule has 102 valence electrons. The Bertz CT molecular complexity index is 646. The van der Waals surface area contributed by atoms with Gasteiger partial charge in [-0.1, -0.05) is 6.07 Å². The molecule has 0 spiro atoms. The Morgan fingerprint density at radius 2 is 2.10 bits per heavy atom. The van der Waals surface area contributed by atoms with Crippen molar-refractivity contribution < 1.29 is 0 Å². The SMILES string of the molecule is CCN(Cc1cccc(C)n1)c1ccc(C#N)cc1Br. The van der Waals surface area contributed by atoms with E-state index < -0.39 is 0 Å². The van der Waals surface area contributed by atoms with Crippen LogP contribution in [0.3, 0.4) is 0 Å². The summed E-state index contributed by atoms with van der Waals surface area (Å²) in [6.07, 6.45) is 0. The number of nitrogens with zero attached hydrogens (tertiary/aromatic N) is 3. The van der Waals surface area contributed by atoms with E-state index in [1.165, 1.54) is 0 Å². The lowest BCUT2D eigenvalue weighted by atomic mass is 10.2. The summed E-state index contributed by atoms with van der Waals surface area (Å²) in [5.74, 6) is 0. The van der Waals surface area contributed by atoms with Crippen LogP contribution >= 0.6 is 15.9 Å². The summed E-state index contributed by atoms with van der Waals surface area (Å²) < 4.78 is 0.936. The van der Waals surface area contributed by atoms with Crippen LogP contribution in [0.15, 0.2) is 40.9 Å². The molecule has 0 bridgehead atoms. The zero-order valence-electron chi connectivity index (χ0n) is 11.6. The molecule has 0 radical (unpaired) electrons. The average Bonchev–Trinajstić information content (AvgIpc) is 2.45. The van der Waals surface area contributed by atoms with Gasteiger partial charge in [0.1, 0.15) is 0 Å². The molecule has 2 rings (SSSR count). The van der Waals surface area contributed by atoms with E-state index in [-0.39, 0.29) is 0 Å². The van der Waals surface area contributed by atoms with Crippen molar-refractivity contribution in [1.82, 2.24) is 4.98 Å². The number of rotatable bonds is 4. The highest BCUT2D eigenvalue weighted by atomic mass is 79.9. The van der Waals surface area contributed by atoms with E-state index in [2.05, 4.69) is 38.8 Å². The van der Waals surface area contributed by atoms with Crippen LogP contribution in [0.4, 0.5) is 5.69 Å². The van der Waals surface area contributed by atoms with Crippen LogP contribution in [0, 0.1) is 18.3 Å². The molecule has 1 aromatic carbocycles. The van der Waals surface area contributed by atoms with Crippen LogP contribution in [0.2, 0.25) is 0 Å². The van der Waals surface area contributed by atoms with Gasteiger partial charge in [-0.05, 0) is 60.1 Å². The highest BCUT2D eigenvalue weighted by molar-refractivity contribution is 9.10. The normalized spacial score (nSPS) is 10.1. The second-order valence-corrected chi connectivity index (χ2v) is 5.42. The molecule has 0 fully saturated rings. The number of hydrogen-bond acceptors (Lipinski definition) is 3. The molecule has 20 heavy (non-hydrogen) atoms. The molecule has 3 nitrogen and oxygen atoms in total. The van der Waals surface area contributed by atoms with Crippen LogP contribution in [0.5, 0.6) is 0 Å². The summed E-state index contributed by atoms with van der Waals surface area (Å²) in [5, 5.41) is 8.92. The Hall–Kier alpha value is -1.86. The van der Waals surface area contributed by atoms with Gasteiger partial charge in [0.25, 0.3) is 0 Å². The standard InChI is InChI=1S/C16H16BrN3/c1-3-20(11-14-6-4-5-12(2)19-14)16-8-7-13(10-18)9-15(16)17/h4-9H,3,11H2,1-2H3. The van der Waals surface area contributed by atoms with Gasteiger partial charge in [-0.15, -0.1) is 0 Å². The molecule has 1 heterocycles. The van der Waals surface area contributed by atoms with Gasteiger partial charge >= 0.3 is 0 Å². The Kier molecular flexibility index (Phi) is 4.75. The van der Waals surface area contributed by atoms with Gasteiger partial charge in [-0.3, -0.25) is 4.98 Å². The predicted octanol–water partition coefficient (Wildman–Crippen LogP) is 4.05. The van der Waals surface area contributed by atoms with Crippen LogP contribution in [-0.2, 0) is 6.54 Å². The number of anilines is 1.